The number of pyridine rings is 1. The van der Waals surface area contributed by atoms with Crippen molar-refractivity contribution in [3.05, 3.63) is 89.1 Å². The number of aromatic nitrogens is 1. The molecule has 1 heterocycles. The highest BCUT2D eigenvalue weighted by molar-refractivity contribution is 5.74. The topological polar surface area (TPSA) is 92.1 Å². The average molecular weight is 468 g/mol. The number of aldehydes is 1. The summed E-state index contributed by atoms with van der Waals surface area (Å²) in [6.07, 6.45) is 3.44. The van der Waals surface area contributed by atoms with Crippen molar-refractivity contribution in [2.24, 2.45) is 5.73 Å². The van der Waals surface area contributed by atoms with Gasteiger partial charge in [0.25, 0.3) is 0 Å². The van der Waals surface area contributed by atoms with Crippen LogP contribution < -0.4 is 21.7 Å². The van der Waals surface area contributed by atoms with Gasteiger partial charge in [0, 0.05) is 38.1 Å². The van der Waals surface area contributed by atoms with Crippen molar-refractivity contribution in [1.29, 1.82) is 0 Å². The molecule has 34 heavy (non-hydrogen) atoms. The second-order valence-electron chi connectivity index (χ2n) is 6.79. The molecule has 0 unspecified atom stereocenters. The predicted molar refractivity (Wildman–Crippen MR) is 150 cm³/mol. The summed E-state index contributed by atoms with van der Waals surface area (Å²) < 4.78 is 0. The standard InChI is InChI=1S/C9H14N2.C8H10.C7H8N2O.C2H7N.C2H6/c1-7-3-4-8(6-10)5-9(7)11-2;1-2-8-6-4-3-5-7-8;1-8-7-3-2-6(5-10)4-9-7;1-3-2;1-2/h3-5,11H,6,10H2,1-2H3;3-7H,2H2,1H3;2-5H,1H3,(H,8,9);3H,1-2H3;1-2H3. The van der Waals surface area contributed by atoms with Gasteiger partial charge < -0.3 is 21.7 Å². The van der Waals surface area contributed by atoms with E-state index in [2.05, 4.69) is 77.2 Å². The molecule has 6 heteroatoms. The van der Waals surface area contributed by atoms with Crippen LogP contribution in [0.5, 0.6) is 0 Å². The zero-order valence-electron chi connectivity index (χ0n) is 22.3. The molecule has 5 N–H and O–H groups in total. The number of hydrogen-bond donors (Lipinski definition) is 4. The normalized spacial score (nSPS) is 8.62. The van der Waals surface area contributed by atoms with Gasteiger partial charge in [0.15, 0.2) is 6.29 Å². The van der Waals surface area contributed by atoms with Crippen LogP contribution in [0.2, 0.25) is 0 Å². The minimum Gasteiger partial charge on any atom is -0.388 e. The molecule has 0 aliphatic carbocycles. The molecule has 0 fully saturated rings. The fourth-order valence-corrected chi connectivity index (χ4v) is 2.40. The number of aryl methyl sites for hydroxylation is 2. The van der Waals surface area contributed by atoms with E-state index in [4.69, 9.17) is 5.73 Å². The molecule has 3 rings (SSSR count). The van der Waals surface area contributed by atoms with E-state index >= 15 is 0 Å². The van der Waals surface area contributed by atoms with Gasteiger partial charge in [-0.1, -0.05) is 63.2 Å². The van der Waals surface area contributed by atoms with Crippen molar-refractivity contribution >= 4 is 17.8 Å². The van der Waals surface area contributed by atoms with Gasteiger partial charge in [-0.2, -0.15) is 0 Å². The monoisotopic (exact) mass is 467 g/mol. The lowest BCUT2D eigenvalue weighted by Gasteiger charge is -2.06. The Bertz CT molecular complexity index is 852. The van der Waals surface area contributed by atoms with Crippen LogP contribution in [0.1, 0.15) is 47.8 Å². The second kappa shape index (κ2) is 23.0. The van der Waals surface area contributed by atoms with E-state index in [1.54, 1.807) is 19.2 Å². The Morgan fingerprint density at radius 2 is 1.50 bits per heavy atom. The molecule has 0 amide bonds. The highest BCUT2D eigenvalue weighted by atomic mass is 16.1. The van der Waals surface area contributed by atoms with E-state index < -0.39 is 0 Å². The number of carbonyl (C=O) groups excluding carboxylic acids is 1. The summed E-state index contributed by atoms with van der Waals surface area (Å²) in [6, 6.07) is 20.1. The number of rotatable bonds is 5. The van der Waals surface area contributed by atoms with Crippen molar-refractivity contribution in [3.63, 3.8) is 0 Å². The van der Waals surface area contributed by atoms with Crippen LogP contribution >= 0.6 is 0 Å². The van der Waals surface area contributed by atoms with Gasteiger partial charge in [-0.3, -0.25) is 4.79 Å². The van der Waals surface area contributed by atoms with Gasteiger partial charge in [-0.15, -0.1) is 0 Å². The number of carbonyl (C=O) groups is 1. The third-order valence-corrected chi connectivity index (χ3v) is 4.24. The lowest BCUT2D eigenvalue weighted by molar-refractivity contribution is 0.112. The van der Waals surface area contributed by atoms with Gasteiger partial charge in [0.1, 0.15) is 5.82 Å². The summed E-state index contributed by atoms with van der Waals surface area (Å²) in [5.41, 5.74) is 11.1. The summed E-state index contributed by atoms with van der Waals surface area (Å²) in [6.45, 7) is 8.84. The molecule has 2 aromatic carbocycles. The molecule has 188 valence electrons. The Morgan fingerprint density at radius 1 is 0.882 bits per heavy atom. The lowest BCUT2D eigenvalue weighted by atomic mass is 10.1. The van der Waals surface area contributed by atoms with Crippen molar-refractivity contribution in [2.75, 3.05) is 38.8 Å². The average Bonchev–Trinajstić information content (AvgIpc) is 2.92. The first-order valence-electron chi connectivity index (χ1n) is 11.7. The van der Waals surface area contributed by atoms with E-state index in [0.29, 0.717) is 12.1 Å². The second-order valence-corrected chi connectivity index (χ2v) is 6.79. The number of hydrogen-bond acceptors (Lipinski definition) is 6. The fraction of sp³-hybridized carbons (Fsp3) is 0.357. The molecule has 0 radical (unpaired) electrons. The first-order valence-corrected chi connectivity index (χ1v) is 11.7. The van der Waals surface area contributed by atoms with Gasteiger partial charge in [0.05, 0.1) is 0 Å². The molecule has 0 saturated carbocycles. The van der Waals surface area contributed by atoms with Crippen molar-refractivity contribution in [3.8, 4) is 0 Å². The number of nitrogens with zero attached hydrogens (tertiary/aromatic N) is 1. The van der Waals surface area contributed by atoms with E-state index in [-0.39, 0.29) is 0 Å². The summed E-state index contributed by atoms with van der Waals surface area (Å²) in [7, 11) is 7.45. The minimum atomic E-state index is 0.596. The largest absolute Gasteiger partial charge is 0.388 e. The quantitative estimate of drug-likeness (QED) is 0.368. The molecule has 6 nitrogen and oxygen atoms in total. The van der Waals surface area contributed by atoms with E-state index in [9.17, 15) is 4.79 Å². The molecule has 0 bridgehead atoms. The third-order valence-electron chi connectivity index (χ3n) is 4.24. The molecule has 0 saturated heterocycles. The van der Waals surface area contributed by atoms with Crippen LogP contribution in [-0.4, -0.2) is 39.5 Å². The van der Waals surface area contributed by atoms with Crippen LogP contribution in [0.4, 0.5) is 11.5 Å². The van der Waals surface area contributed by atoms with E-state index in [1.165, 1.54) is 22.9 Å². The predicted octanol–water partition coefficient (Wildman–Crippen LogP) is 5.54. The van der Waals surface area contributed by atoms with Crippen LogP contribution in [0.3, 0.4) is 0 Å². The van der Waals surface area contributed by atoms with E-state index in [1.807, 2.05) is 41.1 Å². The van der Waals surface area contributed by atoms with Gasteiger partial charge >= 0.3 is 0 Å². The van der Waals surface area contributed by atoms with Crippen LogP contribution in [0.15, 0.2) is 66.9 Å². The number of nitrogens with one attached hydrogen (secondary N) is 3. The maximum Gasteiger partial charge on any atom is 0.151 e. The minimum absolute atomic E-state index is 0.596. The maximum absolute atomic E-state index is 10.1. The van der Waals surface area contributed by atoms with Crippen molar-refractivity contribution in [1.82, 2.24) is 10.3 Å². The highest BCUT2D eigenvalue weighted by Gasteiger charge is 1.95. The Kier molecular flexibility index (Phi) is 22.3. The molecule has 1 aromatic heterocycles. The van der Waals surface area contributed by atoms with Crippen molar-refractivity contribution in [2.45, 2.75) is 40.7 Å². The Labute approximate surface area is 207 Å². The summed E-state index contributed by atoms with van der Waals surface area (Å²) in [5, 5.41) is 8.72. The van der Waals surface area contributed by atoms with Crippen molar-refractivity contribution < 1.29 is 4.79 Å². The molecule has 0 aliphatic rings. The van der Waals surface area contributed by atoms with Crippen LogP contribution in [-0.2, 0) is 13.0 Å². The fourth-order valence-electron chi connectivity index (χ4n) is 2.40. The third kappa shape index (κ3) is 15.6. The Morgan fingerprint density at radius 3 is 1.88 bits per heavy atom. The Hall–Kier alpha value is -3.22. The number of nitrogens with two attached hydrogens (primary N) is 1. The van der Waals surface area contributed by atoms with Gasteiger partial charge in [0.2, 0.25) is 0 Å². The summed E-state index contributed by atoms with van der Waals surface area (Å²) in [4.78, 5) is 14.1. The summed E-state index contributed by atoms with van der Waals surface area (Å²) in [5.74, 6) is 0.769. The van der Waals surface area contributed by atoms with Gasteiger partial charge in [-0.05, 0) is 62.3 Å². The van der Waals surface area contributed by atoms with Gasteiger partial charge in [-0.25, -0.2) is 4.98 Å². The smallest absolute Gasteiger partial charge is 0.151 e. The SMILES string of the molecule is CC.CCc1ccccc1.CNC.CNc1cc(CN)ccc1C.CNc1ccc(C=O)cn1. The molecule has 0 aliphatic heterocycles. The first-order chi connectivity index (χ1) is 16.5. The zero-order chi connectivity index (χ0) is 26.2. The van der Waals surface area contributed by atoms with Crippen LogP contribution in [0.25, 0.3) is 0 Å². The van der Waals surface area contributed by atoms with E-state index in [0.717, 1.165) is 24.2 Å². The number of anilines is 2. The summed E-state index contributed by atoms with van der Waals surface area (Å²) >= 11 is 0. The Balaban J connectivity index is 0. The first kappa shape index (κ1) is 33.0. The number of benzene rings is 2. The highest BCUT2D eigenvalue weighted by Crippen LogP contribution is 2.15. The molecule has 0 atom stereocenters. The molecular formula is C28H45N5O. The zero-order valence-corrected chi connectivity index (χ0v) is 22.3. The van der Waals surface area contributed by atoms with Crippen LogP contribution in [0, 0.1) is 6.92 Å². The maximum atomic E-state index is 10.1. The lowest BCUT2D eigenvalue weighted by Crippen LogP contribution is -1.98. The molecular weight excluding hydrogens is 422 g/mol. The molecule has 3 aromatic rings. The molecule has 0 spiro atoms.